The molecule has 0 atom stereocenters. The van der Waals surface area contributed by atoms with E-state index in [1.807, 2.05) is 6.20 Å². The number of hydrogen-bond acceptors (Lipinski definition) is 4. The minimum Gasteiger partial charge on any atom is -0.457 e. The van der Waals surface area contributed by atoms with Crippen LogP contribution in [0.5, 0.6) is 11.5 Å². The fourth-order valence-corrected chi connectivity index (χ4v) is 11.3. The Labute approximate surface area is 478 Å². The van der Waals surface area contributed by atoms with Crippen molar-refractivity contribution < 1.29 is 13.5 Å². The molecule has 0 spiro atoms. The largest absolute Gasteiger partial charge is 0.457 e. The molecule has 10 aromatic rings. The quantitative estimate of drug-likeness (QED) is 0.152. The van der Waals surface area contributed by atoms with Gasteiger partial charge in [-0.2, -0.15) is 0 Å². The summed E-state index contributed by atoms with van der Waals surface area (Å²) in [6, 6.07) is 58.4. The maximum atomic E-state index is 15.7. The van der Waals surface area contributed by atoms with Gasteiger partial charge in [-0.1, -0.05) is 177 Å². The normalized spacial score (nSPS) is 13.4. The molecule has 0 radical (unpaired) electrons. The lowest BCUT2D eigenvalue weighted by Crippen LogP contribution is -2.25. The molecule has 81 heavy (non-hydrogen) atoms. The van der Waals surface area contributed by atoms with E-state index in [1.165, 1.54) is 34.4 Å². The van der Waals surface area contributed by atoms with Gasteiger partial charge in [-0.25, -0.2) is 13.8 Å². The predicted octanol–water partition coefficient (Wildman–Crippen LogP) is 21.0. The Morgan fingerprint density at radius 2 is 0.938 bits per heavy atom. The Balaban J connectivity index is 1.11. The number of para-hydroxylation sites is 3. The van der Waals surface area contributed by atoms with Gasteiger partial charge in [0.2, 0.25) is 0 Å². The third kappa shape index (κ3) is 10.8. The van der Waals surface area contributed by atoms with Crippen LogP contribution < -0.4 is 14.5 Å². The van der Waals surface area contributed by atoms with Crippen LogP contribution in [0.15, 0.2) is 176 Å². The number of aromatic nitrogens is 2. The lowest BCUT2D eigenvalue weighted by Gasteiger charge is -2.32. The van der Waals surface area contributed by atoms with Crippen molar-refractivity contribution in [2.24, 2.45) is 0 Å². The van der Waals surface area contributed by atoms with Crippen molar-refractivity contribution in [3.8, 4) is 50.7 Å². The summed E-state index contributed by atoms with van der Waals surface area (Å²) in [6.45, 7) is 33.9. The van der Waals surface area contributed by atoms with E-state index in [4.69, 9.17) is 9.72 Å². The van der Waals surface area contributed by atoms with E-state index in [9.17, 15) is 0 Å². The van der Waals surface area contributed by atoms with Gasteiger partial charge in [0.25, 0.3) is 0 Å². The fraction of sp³-hybridized carbons (Fsp3) is 0.284. The molecule has 0 bridgehead atoms. The number of benzene rings is 8. The summed E-state index contributed by atoms with van der Waals surface area (Å²) in [5.74, 6) is 0.964. The number of anilines is 4. The summed E-state index contributed by atoms with van der Waals surface area (Å²) >= 11 is 0. The summed E-state index contributed by atoms with van der Waals surface area (Å²) in [5.41, 5.74) is 16.3. The van der Waals surface area contributed by atoms with E-state index < -0.39 is 11.6 Å². The molecule has 0 aliphatic carbocycles. The first kappa shape index (κ1) is 54.9. The molecule has 8 aromatic carbocycles. The molecule has 2 aromatic heterocycles. The Kier molecular flexibility index (Phi) is 13.5. The lowest BCUT2D eigenvalue weighted by atomic mass is 9.77. The van der Waals surface area contributed by atoms with E-state index >= 15 is 8.78 Å². The van der Waals surface area contributed by atoms with Crippen molar-refractivity contribution in [1.82, 2.24) is 9.55 Å². The Bertz CT molecular complexity index is 4000. The van der Waals surface area contributed by atoms with Crippen molar-refractivity contribution in [2.75, 3.05) is 16.5 Å². The monoisotopic (exact) mass is 1070 g/mol. The van der Waals surface area contributed by atoms with Crippen molar-refractivity contribution in [3.05, 3.63) is 216 Å². The Morgan fingerprint density at radius 1 is 0.395 bits per heavy atom. The summed E-state index contributed by atoms with van der Waals surface area (Å²) in [7, 11) is 0. The van der Waals surface area contributed by atoms with E-state index in [0.717, 1.165) is 89.8 Å². The molecule has 1 aliphatic rings. The Hall–Kier alpha value is -8.03. The van der Waals surface area contributed by atoms with E-state index in [1.54, 1.807) is 0 Å². The maximum Gasteiger partial charge on any atom is 0.137 e. The second kappa shape index (κ2) is 19.9. The number of halogens is 2. The van der Waals surface area contributed by atoms with Crippen molar-refractivity contribution in [3.63, 3.8) is 0 Å². The molecule has 3 heterocycles. The molecule has 1 aliphatic heterocycles. The van der Waals surface area contributed by atoms with Crippen LogP contribution in [0.25, 0.3) is 61.0 Å². The first-order valence-electron chi connectivity index (χ1n) is 28.5. The second-order valence-corrected chi connectivity index (χ2v) is 27.4. The van der Waals surface area contributed by atoms with Crippen molar-refractivity contribution >= 4 is 44.6 Å². The smallest absolute Gasteiger partial charge is 0.137 e. The number of pyridine rings is 1. The minimum atomic E-state index is -0.626. The molecule has 11 rings (SSSR count). The summed E-state index contributed by atoms with van der Waals surface area (Å²) < 4.78 is 40.8. The average Bonchev–Trinajstić information content (AvgIpc) is 3.53. The van der Waals surface area contributed by atoms with Gasteiger partial charge in [-0.15, -0.1) is 0 Å². The molecule has 5 nitrogen and oxygen atoms in total. The van der Waals surface area contributed by atoms with Crippen LogP contribution in [-0.2, 0) is 27.1 Å². The van der Waals surface area contributed by atoms with Crippen LogP contribution in [0.3, 0.4) is 0 Å². The molecule has 0 N–H and O–H groups in total. The standard InChI is InChI=1S/C74H76F2N4O/c1-70(2,3)50-26-24-46(25-27-50)47-36-57(43-59(37-47)81-58-28-29-61-60-20-16-17-21-64(60)80(67(61)44-58)68-41-51(30-31-77-68)71(4,5)6)78-45-79(66-23-19-18-22-65(66)78)69-62(48-32-52(72(7,8)9)38-53(33-48)73(10,11)12)39-54(74(13,14)15)40-63(69)49-34-55(75)42-56(76)35-49/h16-44H,45H2,1-15H3. The molecule has 0 saturated carbocycles. The van der Waals surface area contributed by atoms with Crippen LogP contribution >= 0.6 is 0 Å². The Morgan fingerprint density at radius 3 is 1.54 bits per heavy atom. The molecule has 7 heteroatoms. The summed E-state index contributed by atoms with van der Waals surface area (Å²) in [6.07, 6.45) is 1.91. The van der Waals surface area contributed by atoms with Gasteiger partial charge in [0.1, 0.15) is 35.6 Å². The summed E-state index contributed by atoms with van der Waals surface area (Å²) in [4.78, 5) is 9.64. The van der Waals surface area contributed by atoms with Gasteiger partial charge < -0.3 is 14.5 Å². The highest BCUT2D eigenvalue weighted by Crippen LogP contribution is 2.53. The van der Waals surface area contributed by atoms with Gasteiger partial charge in [0.05, 0.1) is 28.1 Å². The fourth-order valence-electron chi connectivity index (χ4n) is 11.3. The first-order valence-corrected chi connectivity index (χ1v) is 28.5. The number of rotatable bonds is 8. The number of nitrogens with zero attached hydrogens (tertiary/aromatic N) is 4. The summed E-state index contributed by atoms with van der Waals surface area (Å²) in [5, 5.41) is 2.25. The van der Waals surface area contributed by atoms with E-state index in [-0.39, 0.29) is 27.1 Å². The van der Waals surface area contributed by atoms with Gasteiger partial charge in [-0.05, 0) is 156 Å². The SMILES string of the molecule is CC(C)(C)c1ccc(-c2cc(Oc3ccc4c5ccccc5n(-c5cc(C(C)(C)C)ccn5)c4c3)cc(N3CN(c4c(-c5cc(F)cc(F)c5)cc(C(C)(C)C)cc4-c4cc(C(C)(C)C)cc(C(C)(C)C)c4)c4ccccc43)c2)cc1. The van der Waals surface area contributed by atoms with Crippen LogP contribution in [0, 0.1) is 11.6 Å². The third-order valence-electron chi connectivity index (χ3n) is 16.2. The molecule has 0 amide bonds. The van der Waals surface area contributed by atoms with Crippen molar-refractivity contribution in [2.45, 2.75) is 131 Å². The zero-order chi connectivity index (χ0) is 57.7. The zero-order valence-corrected chi connectivity index (χ0v) is 49.9. The molecule has 0 saturated heterocycles. The average molecular weight is 1080 g/mol. The van der Waals surface area contributed by atoms with E-state index in [2.05, 4.69) is 270 Å². The zero-order valence-electron chi connectivity index (χ0n) is 49.9. The minimum absolute atomic E-state index is 0.0233. The molecular weight excluding hydrogens is 999 g/mol. The lowest BCUT2D eigenvalue weighted by molar-refractivity contribution is 0.483. The molecular formula is C74H76F2N4O. The number of fused-ring (bicyclic) bond motifs is 4. The second-order valence-electron chi connectivity index (χ2n) is 27.4. The van der Waals surface area contributed by atoms with Crippen LogP contribution in [0.4, 0.5) is 31.5 Å². The maximum absolute atomic E-state index is 15.7. The first-order chi connectivity index (χ1) is 38.1. The van der Waals surface area contributed by atoms with Crippen LogP contribution in [0.2, 0.25) is 0 Å². The third-order valence-corrected chi connectivity index (χ3v) is 16.2. The van der Waals surface area contributed by atoms with Gasteiger partial charge in [0.15, 0.2) is 0 Å². The number of ether oxygens (including phenoxy) is 1. The highest BCUT2D eigenvalue weighted by molar-refractivity contribution is 6.09. The number of hydrogen-bond donors (Lipinski definition) is 0. The highest BCUT2D eigenvalue weighted by Gasteiger charge is 2.34. The molecule has 0 fully saturated rings. The van der Waals surface area contributed by atoms with Gasteiger partial charge in [-0.3, -0.25) is 4.57 Å². The van der Waals surface area contributed by atoms with E-state index in [0.29, 0.717) is 23.7 Å². The highest BCUT2D eigenvalue weighted by atomic mass is 19.1. The van der Waals surface area contributed by atoms with Gasteiger partial charge >= 0.3 is 0 Å². The molecule has 0 unspecified atom stereocenters. The van der Waals surface area contributed by atoms with Crippen molar-refractivity contribution in [1.29, 1.82) is 0 Å². The predicted molar refractivity (Wildman–Crippen MR) is 337 cm³/mol. The van der Waals surface area contributed by atoms with Gasteiger partial charge in [0, 0.05) is 52.0 Å². The topological polar surface area (TPSA) is 33.5 Å². The van der Waals surface area contributed by atoms with Crippen LogP contribution in [0.1, 0.15) is 132 Å². The molecule has 412 valence electrons. The van der Waals surface area contributed by atoms with Crippen LogP contribution in [-0.4, -0.2) is 16.2 Å².